The minimum absolute atomic E-state index is 0.0125. The lowest BCUT2D eigenvalue weighted by molar-refractivity contribution is 0.829. The number of aliphatic imine (C=N–C) groups is 1. The molecular weight excluding hydrogens is 252 g/mol. The van der Waals surface area contributed by atoms with Crippen molar-refractivity contribution in [1.29, 1.82) is 0 Å². The molecule has 1 N–H and O–H groups in total. The second-order valence-corrected chi connectivity index (χ2v) is 6.63. The van der Waals surface area contributed by atoms with Gasteiger partial charge >= 0.3 is 0 Å². The van der Waals surface area contributed by atoms with Gasteiger partial charge in [-0.3, -0.25) is 4.99 Å². The summed E-state index contributed by atoms with van der Waals surface area (Å²) in [6, 6.07) is 2.22. The van der Waals surface area contributed by atoms with Crippen LogP contribution in [0.15, 0.2) is 22.3 Å². The predicted molar refractivity (Wildman–Crippen MR) is 73.8 cm³/mol. The summed E-state index contributed by atoms with van der Waals surface area (Å²) in [6.45, 7) is 4.27. The van der Waals surface area contributed by atoms with Crippen LogP contribution in [0.5, 0.6) is 0 Å². The Bertz CT molecular complexity index is 511. The topological polar surface area (TPSA) is 24.4 Å². The summed E-state index contributed by atoms with van der Waals surface area (Å²) in [7, 11) is 0. The van der Waals surface area contributed by atoms with Gasteiger partial charge in [0.15, 0.2) is 0 Å². The van der Waals surface area contributed by atoms with Crippen LogP contribution in [0, 0.1) is 19.8 Å². The Labute approximate surface area is 110 Å². The van der Waals surface area contributed by atoms with Crippen LogP contribution < -0.4 is 5.32 Å². The minimum atomic E-state index is 0.0125. The van der Waals surface area contributed by atoms with Gasteiger partial charge in [0.1, 0.15) is 11.9 Å². The first kappa shape index (κ1) is 11.3. The Kier molecular flexibility index (Phi) is 2.75. The number of halogens is 1. The number of amidine groups is 1. The van der Waals surface area contributed by atoms with Crippen molar-refractivity contribution in [3.8, 4) is 0 Å². The molecule has 2 nitrogen and oxygen atoms in total. The van der Waals surface area contributed by atoms with Crippen molar-refractivity contribution < 1.29 is 0 Å². The fraction of sp³-hybridized carbons (Fsp3) is 0.462. The van der Waals surface area contributed by atoms with Gasteiger partial charge in [0.25, 0.3) is 0 Å². The lowest BCUT2D eigenvalue weighted by atomic mass is 10.1. The van der Waals surface area contributed by atoms with Crippen molar-refractivity contribution in [3.63, 3.8) is 0 Å². The highest BCUT2D eigenvalue weighted by Crippen LogP contribution is 2.39. The molecule has 0 amide bonds. The van der Waals surface area contributed by atoms with Gasteiger partial charge < -0.3 is 5.32 Å². The Morgan fingerprint density at radius 3 is 2.76 bits per heavy atom. The lowest BCUT2D eigenvalue weighted by Gasteiger charge is -2.20. The van der Waals surface area contributed by atoms with Crippen molar-refractivity contribution in [2.24, 2.45) is 10.9 Å². The average Bonchev–Trinajstić information content (AvgIpc) is 3.06. The van der Waals surface area contributed by atoms with Crippen LogP contribution >= 0.6 is 22.9 Å². The highest BCUT2D eigenvalue weighted by molar-refractivity contribution is 7.12. The number of rotatable bonds is 2. The number of hydrogen-bond acceptors (Lipinski definition) is 3. The van der Waals surface area contributed by atoms with E-state index in [1.165, 1.54) is 28.2 Å². The first-order valence-corrected chi connectivity index (χ1v) is 7.11. The smallest absolute Gasteiger partial charge is 0.115 e. The monoisotopic (exact) mass is 266 g/mol. The van der Waals surface area contributed by atoms with Crippen molar-refractivity contribution >= 4 is 28.8 Å². The first-order valence-electron chi connectivity index (χ1n) is 5.92. The molecule has 1 fully saturated rings. The van der Waals surface area contributed by atoms with Crippen molar-refractivity contribution in [2.75, 3.05) is 0 Å². The zero-order valence-corrected chi connectivity index (χ0v) is 11.5. The molecule has 17 heavy (non-hydrogen) atoms. The van der Waals surface area contributed by atoms with E-state index in [1.54, 1.807) is 0 Å². The second kappa shape index (κ2) is 4.14. The number of hydrogen-bond donors (Lipinski definition) is 1. The Balaban J connectivity index is 1.96. The Hall–Kier alpha value is -0.800. The van der Waals surface area contributed by atoms with E-state index in [2.05, 4.69) is 25.2 Å². The molecule has 0 aromatic carbocycles. The number of thiophene rings is 1. The molecule has 2 heterocycles. The molecule has 1 unspecified atom stereocenters. The molecule has 1 atom stereocenters. The third-order valence-corrected chi connectivity index (χ3v) is 4.52. The highest BCUT2D eigenvalue weighted by atomic mass is 35.5. The summed E-state index contributed by atoms with van der Waals surface area (Å²) in [4.78, 5) is 7.42. The number of nitrogens with one attached hydrogen (secondary N) is 1. The molecule has 90 valence electrons. The van der Waals surface area contributed by atoms with Gasteiger partial charge in [-0.2, -0.15) is 0 Å². The Morgan fingerprint density at radius 2 is 2.18 bits per heavy atom. The van der Waals surface area contributed by atoms with E-state index in [0.717, 1.165) is 10.9 Å². The zero-order chi connectivity index (χ0) is 12.0. The quantitative estimate of drug-likeness (QED) is 0.863. The van der Waals surface area contributed by atoms with Gasteiger partial charge in [-0.05, 0) is 38.3 Å². The molecule has 1 saturated carbocycles. The molecule has 0 spiro atoms. The van der Waals surface area contributed by atoms with Crippen LogP contribution in [0.2, 0.25) is 0 Å². The maximum atomic E-state index is 6.28. The van der Waals surface area contributed by atoms with Gasteiger partial charge in [0, 0.05) is 21.9 Å². The van der Waals surface area contributed by atoms with E-state index in [4.69, 9.17) is 16.6 Å². The van der Waals surface area contributed by atoms with E-state index in [0.29, 0.717) is 5.92 Å². The summed E-state index contributed by atoms with van der Waals surface area (Å²) >= 11 is 8.10. The molecular formula is C13H15ClN2S. The SMILES string of the molecule is Cc1cc(C2N=C(C3CC3)NC=C2Cl)c(C)s1. The van der Waals surface area contributed by atoms with E-state index >= 15 is 0 Å². The van der Waals surface area contributed by atoms with Crippen molar-refractivity contribution in [1.82, 2.24) is 5.32 Å². The predicted octanol–water partition coefficient (Wildman–Crippen LogP) is 3.90. The zero-order valence-electron chi connectivity index (χ0n) is 9.96. The molecule has 0 saturated heterocycles. The Morgan fingerprint density at radius 1 is 1.41 bits per heavy atom. The van der Waals surface area contributed by atoms with E-state index in [1.807, 2.05) is 17.5 Å². The third kappa shape index (κ3) is 2.14. The van der Waals surface area contributed by atoms with Gasteiger partial charge in [-0.1, -0.05) is 11.6 Å². The summed E-state index contributed by atoms with van der Waals surface area (Å²) in [5, 5.41) is 4.00. The molecule has 4 heteroatoms. The van der Waals surface area contributed by atoms with Crippen LogP contribution in [0.25, 0.3) is 0 Å². The van der Waals surface area contributed by atoms with E-state index < -0.39 is 0 Å². The van der Waals surface area contributed by atoms with E-state index in [-0.39, 0.29) is 6.04 Å². The van der Waals surface area contributed by atoms with Crippen molar-refractivity contribution in [2.45, 2.75) is 32.7 Å². The molecule has 0 bridgehead atoms. The maximum absolute atomic E-state index is 6.28. The van der Waals surface area contributed by atoms with Gasteiger partial charge in [0.05, 0.1) is 5.03 Å². The highest BCUT2D eigenvalue weighted by Gasteiger charge is 2.31. The van der Waals surface area contributed by atoms with E-state index in [9.17, 15) is 0 Å². The second-order valence-electron chi connectivity index (χ2n) is 4.73. The molecule has 3 rings (SSSR count). The molecule has 1 aliphatic heterocycles. The number of aryl methyl sites for hydroxylation is 2. The molecule has 1 aromatic heterocycles. The first-order chi connectivity index (χ1) is 8.15. The standard InChI is InChI=1S/C13H15ClN2S/c1-7-5-10(8(2)17-7)12-11(14)6-15-13(16-12)9-3-4-9/h5-6,9,12H,3-4H2,1-2H3,(H,15,16). The molecule has 1 aromatic rings. The number of nitrogens with zero attached hydrogens (tertiary/aromatic N) is 1. The minimum Gasteiger partial charge on any atom is -0.349 e. The average molecular weight is 267 g/mol. The summed E-state index contributed by atoms with van der Waals surface area (Å²) in [5.74, 6) is 1.75. The molecule has 2 aliphatic rings. The van der Waals surface area contributed by atoms with Crippen LogP contribution in [0.3, 0.4) is 0 Å². The van der Waals surface area contributed by atoms with Crippen LogP contribution in [0.1, 0.15) is 34.2 Å². The van der Waals surface area contributed by atoms with Crippen molar-refractivity contribution in [3.05, 3.63) is 32.6 Å². The van der Waals surface area contributed by atoms with Gasteiger partial charge in [-0.25, -0.2) is 0 Å². The maximum Gasteiger partial charge on any atom is 0.115 e. The summed E-state index contributed by atoms with van der Waals surface area (Å²) < 4.78 is 0. The van der Waals surface area contributed by atoms with Gasteiger partial charge in [0.2, 0.25) is 0 Å². The lowest BCUT2D eigenvalue weighted by Crippen LogP contribution is -2.25. The normalized spacial score (nSPS) is 24.1. The molecule has 0 radical (unpaired) electrons. The fourth-order valence-corrected chi connectivity index (χ4v) is 3.36. The van der Waals surface area contributed by atoms with Gasteiger partial charge in [-0.15, -0.1) is 11.3 Å². The van der Waals surface area contributed by atoms with Crippen LogP contribution in [0.4, 0.5) is 0 Å². The largest absolute Gasteiger partial charge is 0.349 e. The summed E-state index contributed by atoms with van der Waals surface area (Å²) in [5.41, 5.74) is 1.26. The molecule has 1 aliphatic carbocycles. The fourth-order valence-electron chi connectivity index (χ4n) is 2.18. The van der Waals surface area contributed by atoms with Crippen LogP contribution in [-0.4, -0.2) is 5.84 Å². The van der Waals surface area contributed by atoms with Crippen LogP contribution in [-0.2, 0) is 0 Å². The summed E-state index contributed by atoms with van der Waals surface area (Å²) in [6.07, 6.45) is 4.41. The third-order valence-electron chi connectivity index (χ3n) is 3.23.